The summed E-state index contributed by atoms with van der Waals surface area (Å²) in [4.78, 5) is 3.98. The molecule has 0 fully saturated rings. The lowest BCUT2D eigenvalue weighted by Gasteiger charge is -1.97. The summed E-state index contributed by atoms with van der Waals surface area (Å²) in [5.74, 6) is 0. The standard InChI is InChI=1S/C9H15NO/c1-7(2)9(6-11)5-10-8(3)4/h5,11H,3,6H2,1-2,4H3. The maximum absolute atomic E-state index is 8.83. The van der Waals surface area contributed by atoms with Gasteiger partial charge in [0.15, 0.2) is 0 Å². The molecule has 0 saturated carbocycles. The molecule has 0 aliphatic heterocycles. The summed E-state index contributed by atoms with van der Waals surface area (Å²) in [6, 6.07) is 0. The number of hydrogen-bond donors (Lipinski definition) is 1. The van der Waals surface area contributed by atoms with E-state index in [1.54, 1.807) is 6.21 Å². The molecule has 0 saturated heterocycles. The van der Waals surface area contributed by atoms with Gasteiger partial charge in [-0.3, -0.25) is 4.99 Å². The quantitative estimate of drug-likeness (QED) is 0.617. The van der Waals surface area contributed by atoms with Crippen molar-refractivity contribution in [2.24, 2.45) is 4.99 Å². The lowest BCUT2D eigenvalue weighted by molar-refractivity contribution is 0.336. The van der Waals surface area contributed by atoms with Gasteiger partial charge < -0.3 is 5.11 Å². The molecule has 2 heteroatoms. The van der Waals surface area contributed by atoms with E-state index in [0.29, 0.717) is 0 Å². The molecule has 0 bridgehead atoms. The van der Waals surface area contributed by atoms with Crippen LogP contribution in [0.3, 0.4) is 0 Å². The number of aliphatic hydroxyl groups excluding tert-OH is 1. The van der Waals surface area contributed by atoms with Crippen molar-refractivity contribution in [3.63, 3.8) is 0 Å². The second-order valence-electron chi connectivity index (χ2n) is 2.68. The molecule has 11 heavy (non-hydrogen) atoms. The van der Waals surface area contributed by atoms with Crippen LogP contribution in [-0.2, 0) is 0 Å². The van der Waals surface area contributed by atoms with Crippen LogP contribution in [0.15, 0.2) is 28.4 Å². The van der Waals surface area contributed by atoms with Crippen molar-refractivity contribution in [1.82, 2.24) is 0 Å². The summed E-state index contributed by atoms with van der Waals surface area (Å²) in [6.07, 6.45) is 1.65. The summed E-state index contributed by atoms with van der Waals surface area (Å²) in [6.45, 7) is 9.36. The highest BCUT2D eigenvalue weighted by molar-refractivity contribution is 5.80. The predicted octanol–water partition coefficient (Wildman–Crippen LogP) is 1.92. The van der Waals surface area contributed by atoms with Gasteiger partial charge in [0, 0.05) is 11.9 Å². The summed E-state index contributed by atoms with van der Waals surface area (Å²) >= 11 is 0. The summed E-state index contributed by atoms with van der Waals surface area (Å²) in [5.41, 5.74) is 2.68. The Morgan fingerprint density at radius 1 is 1.45 bits per heavy atom. The van der Waals surface area contributed by atoms with Gasteiger partial charge in [0.1, 0.15) is 0 Å². The fourth-order valence-corrected chi connectivity index (χ4v) is 0.516. The van der Waals surface area contributed by atoms with Gasteiger partial charge >= 0.3 is 0 Å². The first-order chi connectivity index (χ1) is 5.07. The van der Waals surface area contributed by atoms with Crippen LogP contribution in [0.1, 0.15) is 20.8 Å². The molecule has 1 N–H and O–H groups in total. The lowest BCUT2D eigenvalue weighted by atomic mass is 10.2. The molecule has 0 aliphatic rings. The first-order valence-corrected chi connectivity index (χ1v) is 3.54. The van der Waals surface area contributed by atoms with Crippen LogP contribution >= 0.6 is 0 Å². The molecule has 0 aromatic heterocycles. The minimum Gasteiger partial charge on any atom is -0.392 e. The third kappa shape index (κ3) is 4.51. The van der Waals surface area contributed by atoms with E-state index >= 15 is 0 Å². The molecule has 0 heterocycles. The Kier molecular flexibility index (Phi) is 4.46. The number of nitrogens with zero attached hydrogens (tertiary/aromatic N) is 1. The van der Waals surface area contributed by atoms with Crippen molar-refractivity contribution in [2.45, 2.75) is 20.8 Å². The Balaban J connectivity index is 4.33. The molecule has 2 nitrogen and oxygen atoms in total. The lowest BCUT2D eigenvalue weighted by Crippen LogP contribution is -1.94. The topological polar surface area (TPSA) is 32.6 Å². The van der Waals surface area contributed by atoms with Gasteiger partial charge in [0.25, 0.3) is 0 Å². The molecule has 0 atom stereocenters. The van der Waals surface area contributed by atoms with Gasteiger partial charge in [0.05, 0.1) is 6.61 Å². The number of aliphatic imine (C=N–C) groups is 1. The van der Waals surface area contributed by atoms with Crippen LogP contribution in [0, 0.1) is 0 Å². The molecule has 0 radical (unpaired) electrons. The third-order valence-corrected chi connectivity index (χ3v) is 1.25. The van der Waals surface area contributed by atoms with E-state index in [4.69, 9.17) is 5.11 Å². The molecular weight excluding hydrogens is 138 g/mol. The van der Waals surface area contributed by atoms with Crippen LogP contribution in [-0.4, -0.2) is 17.9 Å². The van der Waals surface area contributed by atoms with Gasteiger partial charge in [-0.2, -0.15) is 0 Å². The van der Waals surface area contributed by atoms with Gasteiger partial charge in [-0.15, -0.1) is 0 Å². The Morgan fingerprint density at radius 2 is 2.00 bits per heavy atom. The van der Waals surface area contributed by atoms with Crippen molar-refractivity contribution in [3.8, 4) is 0 Å². The molecule has 0 amide bonds. The molecule has 0 aliphatic carbocycles. The molecule has 0 aromatic carbocycles. The van der Waals surface area contributed by atoms with E-state index in [0.717, 1.165) is 16.8 Å². The van der Waals surface area contributed by atoms with Gasteiger partial charge in [0.2, 0.25) is 0 Å². The van der Waals surface area contributed by atoms with E-state index in [-0.39, 0.29) is 6.61 Å². The van der Waals surface area contributed by atoms with Crippen molar-refractivity contribution in [2.75, 3.05) is 6.61 Å². The average molecular weight is 153 g/mol. The van der Waals surface area contributed by atoms with Crippen LogP contribution < -0.4 is 0 Å². The molecule has 0 unspecified atom stereocenters. The van der Waals surface area contributed by atoms with Crippen LogP contribution in [0.4, 0.5) is 0 Å². The van der Waals surface area contributed by atoms with Crippen molar-refractivity contribution < 1.29 is 5.11 Å². The highest BCUT2D eigenvalue weighted by Crippen LogP contribution is 2.00. The monoisotopic (exact) mass is 153 g/mol. The van der Waals surface area contributed by atoms with E-state index in [1.807, 2.05) is 20.8 Å². The normalized spacial score (nSPS) is 10.2. The van der Waals surface area contributed by atoms with Gasteiger partial charge in [-0.05, 0) is 26.3 Å². The average Bonchev–Trinajstić information content (AvgIpc) is 1.87. The van der Waals surface area contributed by atoms with Crippen LogP contribution in [0.25, 0.3) is 0 Å². The minimum absolute atomic E-state index is 0.0408. The zero-order valence-corrected chi connectivity index (χ0v) is 7.39. The predicted molar refractivity (Wildman–Crippen MR) is 48.8 cm³/mol. The first kappa shape index (κ1) is 10.1. The molecule has 0 aromatic rings. The SMILES string of the molecule is C=C(C)N=CC(CO)=C(C)C. The Morgan fingerprint density at radius 3 is 2.27 bits per heavy atom. The highest BCUT2D eigenvalue weighted by Gasteiger charge is 1.91. The molecule has 62 valence electrons. The minimum atomic E-state index is 0.0408. The Labute approximate surface area is 68.0 Å². The fraction of sp³-hybridized carbons (Fsp3) is 0.444. The number of hydrogen-bond acceptors (Lipinski definition) is 2. The highest BCUT2D eigenvalue weighted by atomic mass is 16.3. The van der Waals surface area contributed by atoms with E-state index in [1.165, 1.54) is 0 Å². The van der Waals surface area contributed by atoms with Crippen molar-refractivity contribution in [1.29, 1.82) is 0 Å². The Bertz CT molecular complexity index is 198. The zero-order chi connectivity index (χ0) is 8.85. The molecular formula is C9H15NO. The van der Waals surface area contributed by atoms with Crippen LogP contribution in [0.5, 0.6) is 0 Å². The second-order valence-corrected chi connectivity index (χ2v) is 2.68. The maximum Gasteiger partial charge on any atom is 0.0696 e. The van der Waals surface area contributed by atoms with Crippen LogP contribution in [0.2, 0.25) is 0 Å². The molecule has 0 spiro atoms. The second kappa shape index (κ2) is 4.85. The number of rotatable bonds is 3. The fourth-order valence-electron chi connectivity index (χ4n) is 0.516. The van der Waals surface area contributed by atoms with Crippen molar-refractivity contribution in [3.05, 3.63) is 23.4 Å². The van der Waals surface area contributed by atoms with E-state index in [2.05, 4.69) is 11.6 Å². The summed E-state index contributed by atoms with van der Waals surface area (Å²) < 4.78 is 0. The third-order valence-electron chi connectivity index (χ3n) is 1.25. The number of aliphatic hydroxyl groups is 1. The maximum atomic E-state index is 8.83. The summed E-state index contributed by atoms with van der Waals surface area (Å²) in [5, 5.41) is 8.83. The largest absolute Gasteiger partial charge is 0.392 e. The zero-order valence-electron chi connectivity index (χ0n) is 7.39. The van der Waals surface area contributed by atoms with E-state index in [9.17, 15) is 0 Å². The van der Waals surface area contributed by atoms with E-state index < -0.39 is 0 Å². The van der Waals surface area contributed by atoms with Gasteiger partial charge in [-0.1, -0.05) is 12.2 Å². The molecule has 0 rings (SSSR count). The number of allylic oxidation sites excluding steroid dienone is 2. The van der Waals surface area contributed by atoms with Crippen molar-refractivity contribution >= 4 is 6.21 Å². The Hall–Kier alpha value is -0.890. The van der Waals surface area contributed by atoms with Gasteiger partial charge in [-0.25, -0.2) is 0 Å². The smallest absolute Gasteiger partial charge is 0.0696 e. The first-order valence-electron chi connectivity index (χ1n) is 3.54. The summed E-state index contributed by atoms with van der Waals surface area (Å²) in [7, 11) is 0.